The lowest BCUT2D eigenvalue weighted by atomic mass is 9.84. The lowest BCUT2D eigenvalue weighted by molar-refractivity contribution is 0.334. The molecule has 1 N–H and O–H groups in total. The average molecular weight is 267 g/mol. The van der Waals surface area contributed by atoms with Crippen molar-refractivity contribution in [1.29, 1.82) is 0 Å². The van der Waals surface area contributed by atoms with Gasteiger partial charge >= 0.3 is 0 Å². The Balaban J connectivity index is 1.94. The Labute approximate surface area is 114 Å². The van der Waals surface area contributed by atoms with E-state index in [4.69, 9.17) is 0 Å². The van der Waals surface area contributed by atoms with Gasteiger partial charge in [0.25, 0.3) is 0 Å². The molecule has 100 valence electrons. The SMILES string of the molecule is CSC1(CNC(C)c2ccc(C)c(F)c2)CCC1. The highest BCUT2D eigenvalue weighted by atomic mass is 32.2. The number of thioether (sulfide) groups is 1. The minimum Gasteiger partial charge on any atom is -0.309 e. The van der Waals surface area contributed by atoms with Crippen LogP contribution in [0.5, 0.6) is 0 Å². The Bertz CT molecular complexity index is 409. The minimum absolute atomic E-state index is 0.107. The van der Waals surface area contributed by atoms with E-state index in [1.807, 2.05) is 23.9 Å². The van der Waals surface area contributed by atoms with Gasteiger partial charge in [0.1, 0.15) is 5.82 Å². The third kappa shape index (κ3) is 2.89. The second-order valence-corrected chi connectivity index (χ2v) is 6.63. The van der Waals surface area contributed by atoms with Crippen LogP contribution in [0.1, 0.15) is 43.4 Å². The monoisotopic (exact) mass is 267 g/mol. The number of aryl methyl sites for hydroxylation is 1. The van der Waals surface area contributed by atoms with E-state index in [-0.39, 0.29) is 11.9 Å². The zero-order valence-corrected chi connectivity index (χ0v) is 12.2. The Hall–Kier alpha value is -0.540. The van der Waals surface area contributed by atoms with E-state index in [1.165, 1.54) is 19.3 Å². The second kappa shape index (κ2) is 5.62. The van der Waals surface area contributed by atoms with Gasteiger partial charge in [-0.25, -0.2) is 4.39 Å². The zero-order valence-electron chi connectivity index (χ0n) is 11.4. The van der Waals surface area contributed by atoms with Gasteiger partial charge in [0.05, 0.1) is 0 Å². The molecule has 0 saturated heterocycles. The molecular formula is C15H22FNS. The molecule has 3 heteroatoms. The molecule has 2 rings (SSSR count). The summed E-state index contributed by atoms with van der Waals surface area (Å²) >= 11 is 1.97. The molecule has 1 fully saturated rings. The molecule has 1 nitrogen and oxygen atoms in total. The van der Waals surface area contributed by atoms with Crippen LogP contribution in [0.2, 0.25) is 0 Å². The molecule has 0 spiro atoms. The molecule has 18 heavy (non-hydrogen) atoms. The van der Waals surface area contributed by atoms with Gasteiger partial charge in [-0.3, -0.25) is 0 Å². The molecule has 1 aromatic rings. The number of hydrogen-bond acceptors (Lipinski definition) is 2. The van der Waals surface area contributed by atoms with Crippen molar-refractivity contribution < 1.29 is 4.39 Å². The summed E-state index contributed by atoms with van der Waals surface area (Å²) in [6.07, 6.45) is 6.14. The lowest BCUT2D eigenvalue weighted by Crippen LogP contribution is -2.44. The summed E-state index contributed by atoms with van der Waals surface area (Å²) in [7, 11) is 0. The van der Waals surface area contributed by atoms with Gasteiger partial charge in [0, 0.05) is 17.3 Å². The van der Waals surface area contributed by atoms with Crippen molar-refractivity contribution in [1.82, 2.24) is 5.32 Å². The van der Waals surface area contributed by atoms with E-state index in [0.717, 1.165) is 12.1 Å². The van der Waals surface area contributed by atoms with Crippen molar-refractivity contribution in [3.8, 4) is 0 Å². The molecule has 1 aliphatic rings. The van der Waals surface area contributed by atoms with E-state index in [0.29, 0.717) is 10.3 Å². The van der Waals surface area contributed by atoms with E-state index in [2.05, 4.69) is 18.5 Å². The fourth-order valence-electron chi connectivity index (χ4n) is 2.36. The van der Waals surface area contributed by atoms with Crippen LogP contribution in [0.3, 0.4) is 0 Å². The van der Waals surface area contributed by atoms with E-state index < -0.39 is 0 Å². The molecule has 0 amide bonds. The molecule has 1 saturated carbocycles. The topological polar surface area (TPSA) is 12.0 Å². The molecule has 1 unspecified atom stereocenters. The highest BCUT2D eigenvalue weighted by molar-refractivity contribution is 8.00. The standard InChI is InChI=1S/C15H22FNS/c1-11-5-6-13(9-14(11)16)12(2)17-10-15(18-3)7-4-8-15/h5-6,9,12,17H,4,7-8,10H2,1-3H3. The highest BCUT2D eigenvalue weighted by Crippen LogP contribution is 2.42. The van der Waals surface area contributed by atoms with Crippen LogP contribution in [-0.4, -0.2) is 17.5 Å². The Morgan fingerprint density at radius 2 is 2.17 bits per heavy atom. The summed E-state index contributed by atoms with van der Waals surface area (Å²) in [5.74, 6) is -0.107. The lowest BCUT2D eigenvalue weighted by Gasteiger charge is -2.41. The van der Waals surface area contributed by atoms with Crippen molar-refractivity contribution >= 4 is 11.8 Å². The van der Waals surface area contributed by atoms with Crippen LogP contribution in [0.25, 0.3) is 0 Å². The van der Waals surface area contributed by atoms with Crippen LogP contribution in [-0.2, 0) is 0 Å². The molecule has 0 aromatic heterocycles. The predicted molar refractivity (Wildman–Crippen MR) is 77.7 cm³/mol. The van der Waals surface area contributed by atoms with Crippen molar-refractivity contribution in [2.75, 3.05) is 12.8 Å². The van der Waals surface area contributed by atoms with Crippen LogP contribution in [0, 0.1) is 12.7 Å². The summed E-state index contributed by atoms with van der Waals surface area (Å²) in [5, 5.41) is 3.55. The zero-order chi connectivity index (χ0) is 13.2. The normalized spacial score (nSPS) is 19.3. The van der Waals surface area contributed by atoms with Gasteiger partial charge in [-0.15, -0.1) is 0 Å². The minimum atomic E-state index is -0.107. The summed E-state index contributed by atoms with van der Waals surface area (Å²) in [4.78, 5) is 0. The smallest absolute Gasteiger partial charge is 0.126 e. The first-order valence-electron chi connectivity index (χ1n) is 6.61. The third-order valence-electron chi connectivity index (χ3n) is 4.12. The largest absolute Gasteiger partial charge is 0.309 e. The van der Waals surface area contributed by atoms with E-state index >= 15 is 0 Å². The van der Waals surface area contributed by atoms with Gasteiger partial charge in [0.2, 0.25) is 0 Å². The molecule has 0 heterocycles. The van der Waals surface area contributed by atoms with Gasteiger partial charge in [-0.05, 0) is 50.1 Å². The average Bonchev–Trinajstić information content (AvgIpc) is 2.31. The summed E-state index contributed by atoms with van der Waals surface area (Å²) < 4.78 is 14.0. The van der Waals surface area contributed by atoms with Crippen molar-refractivity contribution in [2.45, 2.75) is 43.9 Å². The first-order chi connectivity index (χ1) is 8.56. The maximum atomic E-state index is 13.5. The first kappa shape index (κ1) is 13.9. The van der Waals surface area contributed by atoms with E-state index in [9.17, 15) is 4.39 Å². The van der Waals surface area contributed by atoms with Crippen LogP contribution < -0.4 is 5.32 Å². The van der Waals surface area contributed by atoms with Gasteiger partial charge in [0.15, 0.2) is 0 Å². The maximum Gasteiger partial charge on any atom is 0.126 e. The Kier molecular flexibility index (Phi) is 4.33. The molecule has 1 atom stereocenters. The molecule has 0 aliphatic heterocycles. The highest BCUT2D eigenvalue weighted by Gasteiger charge is 2.35. The number of halogens is 1. The van der Waals surface area contributed by atoms with E-state index in [1.54, 1.807) is 13.0 Å². The van der Waals surface area contributed by atoms with Gasteiger partial charge in [-0.2, -0.15) is 11.8 Å². The molecule has 0 radical (unpaired) electrons. The van der Waals surface area contributed by atoms with Crippen molar-refractivity contribution in [2.24, 2.45) is 0 Å². The Morgan fingerprint density at radius 1 is 1.44 bits per heavy atom. The van der Waals surface area contributed by atoms with Crippen molar-refractivity contribution in [3.63, 3.8) is 0 Å². The predicted octanol–water partition coefficient (Wildman–Crippen LogP) is 4.07. The third-order valence-corrected chi connectivity index (χ3v) is 5.54. The number of benzene rings is 1. The molecule has 1 aromatic carbocycles. The van der Waals surface area contributed by atoms with Gasteiger partial charge < -0.3 is 5.32 Å². The quantitative estimate of drug-likeness (QED) is 0.863. The summed E-state index contributed by atoms with van der Waals surface area (Å²) in [5.41, 5.74) is 1.75. The number of nitrogens with one attached hydrogen (secondary N) is 1. The van der Waals surface area contributed by atoms with Crippen LogP contribution in [0.15, 0.2) is 18.2 Å². The summed E-state index contributed by atoms with van der Waals surface area (Å²) in [6.45, 7) is 4.93. The molecule has 1 aliphatic carbocycles. The number of rotatable bonds is 5. The van der Waals surface area contributed by atoms with Crippen LogP contribution in [0.4, 0.5) is 4.39 Å². The molecular weight excluding hydrogens is 245 g/mol. The van der Waals surface area contributed by atoms with Crippen molar-refractivity contribution in [3.05, 3.63) is 35.1 Å². The van der Waals surface area contributed by atoms with Gasteiger partial charge in [-0.1, -0.05) is 18.6 Å². The summed E-state index contributed by atoms with van der Waals surface area (Å²) in [6, 6.07) is 5.74. The molecule has 0 bridgehead atoms. The van der Waals surface area contributed by atoms with Crippen LogP contribution >= 0.6 is 11.8 Å². The second-order valence-electron chi connectivity index (χ2n) is 5.35. The Morgan fingerprint density at radius 3 is 2.67 bits per heavy atom. The maximum absolute atomic E-state index is 13.5. The fraction of sp³-hybridized carbons (Fsp3) is 0.600. The fourth-order valence-corrected chi connectivity index (χ4v) is 3.28. The number of hydrogen-bond donors (Lipinski definition) is 1. The first-order valence-corrected chi connectivity index (χ1v) is 7.83.